The molecular weight excluding hydrogens is 298 g/mol. The second-order valence-corrected chi connectivity index (χ2v) is 7.91. The topological polar surface area (TPSA) is 72.5 Å². The number of ether oxygens (including phenoxy) is 1. The van der Waals surface area contributed by atoms with Crippen molar-refractivity contribution in [1.29, 1.82) is 0 Å². The Hall–Kier alpha value is -0.920. The molecule has 2 rings (SSSR count). The van der Waals surface area contributed by atoms with Crippen LogP contribution in [0, 0.1) is 5.92 Å². The summed E-state index contributed by atoms with van der Waals surface area (Å²) in [6.07, 6.45) is 1.82. The fourth-order valence-electron chi connectivity index (χ4n) is 2.65. The molecule has 0 radical (unpaired) electrons. The number of sulfonamides is 1. The normalized spacial score (nSPS) is 24.5. The molecule has 1 aromatic heterocycles. The molecule has 3 unspecified atom stereocenters. The number of hydrogen-bond acceptors (Lipinski definition) is 5. The summed E-state index contributed by atoms with van der Waals surface area (Å²) in [4.78, 5) is 12.6. The maximum atomic E-state index is 12.5. The monoisotopic (exact) mass is 317 g/mol. The van der Waals surface area contributed by atoms with Gasteiger partial charge in [0.25, 0.3) is 0 Å². The van der Waals surface area contributed by atoms with Crippen LogP contribution < -0.4 is 4.72 Å². The van der Waals surface area contributed by atoms with Crippen molar-refractivity contribution < 1.29 is 17.9 Å². The molecule has 0 amide bonds. The highest BCUT2D eigenvalue weighted by atomic mass is 32.2. The number of thiophene rings is 1. The van der Waals surface area contributed by atoms with Crippen LogP contribution >= 0.6 is 11.3 Å². The molecule has 1 aliphatic rings. The highest BCUT2D eigenvalue weighted by molar-refractivity contribution is 7.90. The van der Waals surface area contributed by atoms with Gasteiger partial charge < -0.3 is 4.74 Å². The molecule has 0 saturated heterocycles. The van der Waals surface area contributed by atoms with Crippen LogP contribution in [0.25, 0.3) is 0 Å². The number of nitrogens with one attached hydrogen (secondary N) is 1. The Morgan fingerprint density at radius 1 is 1.50 bits per heavy atom. The minimum Gasteiger partial charge on any atom is -0.469 e. The van der Waals surface area contributed by atoms with Crippen molar-refractivity contribution >= 4 is 27.3 Å². The van der Waals surface area contributed by atoms with E-state index in [0.29, 0.717) is 12.8 Å². The molecule has 0 bridgehead atoms. The van der Waals surface area contributed by atoms with E-state index in [1.807, 2.05) is 24.4 Å². The van der Waals surface area contributed by atoms with Crippen LogP contribution in [-0.4, -0.2) is 26.7 Å². The molecule has 0 aliphatic heterocycles. The maximum absolute atomic E-state index is 12.5. The van der Waals surface area contributed by atoms with Gasteiger partial charge >= 0.3 is 5.97 Å². The third-order valence-corrected chi connectivity index (χ3v) is 6.76. The summed E-state index contributed by atoms with van der Waals surface area (Å²) in [6.45, 7) is 1.81. The quantitative estimate of drug-likeness (QED) is 0.844. The largest absolute Gasteiger partial charge is 0.469 e. The number of rotatable bonds is 5. The van der Waals surface area contributed by atoms with Crippen LogP contribution in [0.1, 0.15) is 37.1 Å². The van der Waals surface area contributed by atoms with E-state index < -0.39 is 27.2 Å². The highest BCUT2D eigenvalue weighted by Crippen LogP contribution is 2.32. The maximum Gasteiger partial charge on any atom is 0.310 e. The summed E-state index contributed by atoms with van der Waals surface area (Å²) < 4.78 is 32.3. The first-order chi connectivity index (χ1) is 9.45. The minimum atomic E-state index is -3.53. The number of methoxy groups -OCH3 is 1. The number of carbonyl (C=O) groups excluding carboxylic acids is 1. The smallest absolute Gasteiger partial charge is 0.310 e. The summed E-state index contributed by atoms with van der Waals surface area (Å²) in [5, 5.41) is 1.23. The van der Waals surface area contributed by atoms with E-state index in [1.165, 1.54) is 18.4 Å². The molecule has 5 nitrogen and oxygen atoms in total. The Labute approximate surface area is 123 Å². The molecule has 7 heteroatoms. The minimum absolute atomic E-state index is 0.279. The van der Waals surface area contributed by atoms with Gasteiger partial charge in [-0.15, -0.1) is 11.3 Å². The second kappa shape index (κ2) is 6.24. The van der Waals surface area contributed by atoms with Crippen LogP contribution in [0.4, 0.5) is 0 Å². The van der Waals surface area contributed by atoms with Crippen molar-refractivity contribution in [2.75, 3.05) is 7.11 Å². The fourth-order valence-corrected chi connectivity index (χ4v) is 5.41. The molecule has 1 aliphatic carbocycles. The van der Waals surface area contributed by atoms with Gasteiger partial charge in [-0.2, -0.15) is 0 Å². The van der Waals surface area contributed by atoms with Gasteiger partial charge in [-0.25, -0.2) is 13.1 Å². The lowest BCUT2D eigenvalue weighted by molar-refractivity contribution is -0.145. The van der Waals surface area contributed by atoms with Crippen LogP contribution in [-0.2, 0) is 19.6 Å². The first kappa shape index (κ1) is 15.5. The van der Waals surface area contributed by atoms with Crippen LogP contribution in [0.15, 0.2) is 17.5 Å². The Bertz CT molecular complexity index is 553. The van der Waals surface area contributed by atoms with Crippen molar-refractivity contribution in [1.82, 2.24) is 4.72 Å². The Morgan fingerprint density at radius 2 is 2.25 bits per heavy atom. The zero-order chi connectivity index (χ0) is 14.8. The predicted molar refractivity (Wildman–Crippen MR) is 77.9 cm³/mol. The van der Waals surface area contributed by atoms with E-state index in [0.717, 1.165) is 11.3 Å². The number of hydrogen-bond donors (Lipinski definition) is 1. The molecule has 1 fully saturated rings. The van der Waals surface area contributed by atoms with Crippen molar-refractivity contribution in [3.8, 4) is 0 Å². The molecule has 3 atom stereocenters. The van der Waals surface area contributed by atoms with Crippen LogP contribution in [0.5, 0.6) is 0 Å². The lowest BCUT2D eigenvalue weighted by Gasteiger charge is -2.21. The van der Waals surface area contributed by atoms with E-state index in [-0.39, 0.29) is 6.04 Å². The van der Waals surface area contributed by atoms with E-state index in [2.05, 4.69) is 4.72 Å². The molecule has 1 N–H and O–H groups in total. The first-order valence-corrected chi connectivity index (χ1v) is 9.00. The van der Waals surface area contributed by atoms with Gasteiger partial charge in [0, 0.05) is 4.88 Å². The molecule has 1 heterocycles. The van der Waals surface area contributed by atoms with Gasteiger partial charge in [-0.1, -0.05) is 12.5 Å². The molecular formula is C13H19NO4S2. The van der Waals surface area contributed by atoms with Crippen LogP contribution in [0.2, 0.25) is 0 Å². The summed E-state index contributed by atoms with van der Waals surface area (Å²) in [6, 6.07) is 3.50. The Kier molecular flexibility index (Phi) is 4.82. The molecule has 1 saturated carbocycles. The molecule has 20 heavy (non-hydrogen) atoms. The van der Waals surface area contributed by atoms with Gasteiger partial charge in [-0.05, 0) is 31.2 Å². The lowest BCUT2D eigenvalue weighted by Crippen LogP contribution is -2.40. The van der Waals surface area contributed by atoms with Gasteiger partial charge in [0.1, 0.15) is 0 Å². The van der Waals surface area contributed by atoms with Gasteiger partial charge in [-0.3, -0.25) is 4.79 Å². The standard InChI is InChI=1S/C13H19NO4S2/c1-9(11-6-4-8-19-11)14-20(16,17)12-7-3-5-10(12)13(15)18-2/h4,6,8-10,12,14H,3,5,7H2,1-2H3. The van der Waals surface area contributed by atoms with Crippen molar-refractivity contribution in [3.63, 3.8) is 0 Å². The van der Waals surface area contributed by atoms with Gasteiger partial charge in [0.2, 0.25) is 10.0 Å². The van der Waals surface area contributed by atoms with Crippen LogP contribution in [0.3, 0.4) is 0 Å². The predicted octanol–water partition coefficient (Wildman–Crippen LogP) is 2.07. The second-order valence-electron chi connectivity index (χ2n) is 5.00. The van der Waals surface area contributed by atoms with Crippen molar-refractivity contribution in [2.45, 2.75) is 37.5 Å². The van der Waals surface area contributed by atoms with Crippen molar-refractivity contribution in [3.05, 3.63) is 22.4 Å². The Morgan fingerprint density at radius 3 is 2.85 bits per heavy atom. The molecule has 1 aromatic rings. The van der Waals surface area contributed by atoms with E-state index in [4.69, 9.17) is 4.74 Å². The molecule has 0 aromatic carbocycles. The van der Waals surface area contributed by atoms with Gasteiger partial charge in [0.05, 0.1) is 24.3 Å². The molecule has 0 spiro atoms. The summed E-state index contributed by atoms with van der Waals surface area (Å²) in [5.41, 5.74) is 0. The summed E-state index contributed by atoms with van der Waals surface area (Å²) in [7, 11) is -2.24. The third kappa shape index (κ3) is 3.21. The number of carbonyl (C=O) groups is 1. The zero-order valence-corrected chi connectivity index (χ0v) is 13.2. The number of esters is 1. The zero-order valence-electron chi connectivity index (χ0n) is 11.5. The van der Waals surface area contributed by atoms with Gasteiger partial charge in [0.15, 0.2) is 0 Å². The fraction of sp³-hybridized carbons (Fsp3) is 0.615. The van der Waals surface area contributed by atoms with E-state index in [9.17, 15) is 13.2 Å². The van der Waals surface area contributed by atoms with Crippen molar-refractivity contribution in [2.24, 2.45) is 5.92 Å². The first-order valence-electron chi connectivity index (χ1n) is 6.58. The lowest BCUT2D eigenvalue weighted by atomic mass is 10.1. The summed E-state index contributed by atoms with van der Waals surface area (Å²) >= 11 is 1.51. The third-order valence-electron chi connectivity index (χ3n) is 3.67. The Balaban J connectivity index is 2.11. The average molecular weight is 317 g/mol. The average Bonchev–Trinajstić information content (AvgIpc) is 3.08. The highest BCUT2D eigenvalue weighted by Gasteiger charge is 2.42. The van der Waals surface area contributed by atoms with E-state index in [1.54, 1.807) is 0 Å². The summed E-state index contributed by atoms with van der Waals surface area (Å²) in [5.74, 6) is -0.977. The molecule has 112 valence electrons. The SMILES string of the molecule is COC(=O)C1CCCC1S(=O)(=O)NC(C)c1cccs1. The van der Waals surface area contributed by atoms with E-state index >= 15 is 0 Å².